The van der Waals surface area contributed by atoms with Gasteiger partial charge in [-0.3, -0.25) is 0 Å². The van der Waals surface area contributed by atoms with Gasteiger partial charge in [0, 0.05) is 0 Å². The normalized spacial score (nSPS) is 12.0. The Hall–Kier alpha value is 1.98. The van der Waals surface area contributed by atoms with Crippen molar-refractivity contribution in [1.82, 2.24) is 0 Å². The number of halogens is 3. The van der Waals surface area contributed by atoms with Crippen molar-refractivity contribution in [2.75, 3.05) is 0 Å². The first kappa shape index (κ1) is 6.98. The second-order valence-electron chi connectivity index (χ2n) is 0.781. The summed E-state index contributed by atoms with van der Waals surface area (Å²) in [5.41, 5.74) is 0. The van der Waals surface area contributed by atoms with Crippen LogP contribution in [0.25, 0.3) is 0 Å². The summed E-state index contributed by atoms with van der Waals surface area (Å²) < 4.78 is 0. The van der Waals surface area contributed by atoms with Gasteiger partial charge in [0.25, 0.3) is 0 Å². The molecule has 0 spiro atoms. The summed E-state index contributed by atoms with van der Waals surface area (Å²) in [6.07, 6.45) is 0. The fourth-order valence-electron chi connectivity index (χ4n) is 0. The zero-order chi connectivity index (χ0) is 4.50. The van der Waals surface area contributed by atoms with Gasteiger partial charge in [0.2, 0.25) is 0 Å². The van der Waals surface area contributed by atoms with Gasteiger partial charge in [0.15, 0.2) is 0 Å². The van der Waals surface area contributed by atoms with E-state index in [2.05, 4.69) is 47.8 Å². The minimum absolute atomic E-state index is 1.56. The molecule has 5 heavy (non-hydrogen) atoms. The van der Waals surface area contributed by atoms with Crippen LogP contribution in [0.3, 0.4) is 0 Å². The molecule has 0 unspecified atom stereocenters. The number of hydrogen-bond donors (Lipinski definition) is 0. The van der Waals surface area contributed by atoms with Crippen molar-refractivity contribution in [3.8, 4) is 0 Å². The minimum atomic E-state index is -1.56. The Morgan fingerprint density at radius 3 is 1.20 bits per heavy atom. The van der Waals surface area contributed by atoms with Crippen molar-refractivity contribution in [2.24, 2.45) is 0 Å². The maximum atomic E-state index is 3.40. The Morgan fingerprint density at radius 1 is 1.20 bits per heavy atom. The van der Waals surface area contributed by atoms with Crippen LogP contribution in [0.15, 0.2) is 0 Å². The van der Waals surface area contributed by atoms with Crippen LogP contribution in [0.1, 0.15) is 0 Å². The van der Waals surface area contributed by atoms with Gasteiger partial charge < -0.3 is 0 Å². The third kappa shape index (κ3) is 24.1. The monoisotopic (exact) mass is 326 g/mol. The van der Waals surface area contributed by atoms with E-state index in [4.69, 9.17) is 0 Å². The van der Waals surface area contributed by atoms with Crippen LogP contribution in [0.5, 0.6) is 0 Å². The summed E-state index contributed by atoms with van der Waals surface area (Å²) >= 11 is 10.2. The molecule has 0 N–H and O–H groups in total. The van der Waals surface area contributed by atoms with Crippen LogP contribution in [0.2, 0.25) is 5.76 Å². The van der Waals surface area contributed by atoms with Gasteiger partial charge in [-0.25, -0.2) is 0 Å². The van der Waals surface area contributed by atoms with E-state index >= 15 is 0 Å². The van der Waals surface area contributed by atoms with E-state index in [-0.39, 0.29) is 0 Å². The Morgan fingerprint density at radius 2 is 1.20 bits per heavy atom. The van der Waals surface area contributed by atoms with E-state index < -0.39 is 7.74 Å². The molecule has 0 saturated carbocycles. The molecule has 0 amide bonds. The molecule has 32 valence electrons. The van der Waals surface area contributed by atoms with E-state index in [1.54, 1.807) is 0 Å². The Balaban J connectivity index is 3.02. The Bertz CT molecular complexity index is 22.4. The van der Waals surface area contributed by atoms with Crippen molar-refractivity contribution in [2.45, 2.75) is 5.76 Å². The zero-order valence-corrected chi connectivity index (χ0v) is 9.49. The standard InChI is InChI=1S/CH3Br3Ge/c1-5(2,3)4/h1H3. The van der Waals surface area contributed by atoms with Gasteiger partial charge in [-0.15, -0.1) is 0 Å². The van der Waals surface area contributed by atoms with Gasteiger partial charge in [0.1, 0.15) is 0 Å². The molecule has 0 aliphatic rings. The summed E-state index contributed by atoms with van der Waals surface area (Å²) in [7, 11) is -1.56. The van der Waals surface area contributed by atoms with Gasteiger partial charge in [-0.2, -0.15) is 0 Å². The van der Waals surface area contributed by atoms with Crippen molar-refractivity contribution >= 4 is 49.8 Å². The van der Waals surface area contributed by atoms with E-state index in [0.29, 0.717) is 0 Å². The topological polar surface area (TPSA) is 0 Å². The van der Waals surface area contributed by atoms with Crippen LogP contribution in [0, 0.1) is 0 Å². The SMILES string of the molecule is [CH3][Ge]([Br])([Br])[Br]. The van der Waals surface area contributed by atoms with Crippen LogP contribution in [-0.4, -0.2) is 7.74 Å². The van der Waals surface area contributed by atoms with Gasteiger partial charge in [-0.1, -0.05) is 0 Å². The van der Waals surface area contributed by atoms with Crippen molar-refractivity contribution in [3.05, 3.63) is 0 Å². The predicted molar refractivity (Wildman–Crippen MR) is 38.4 cm³/mol. The molecule has 0 bridgehead atoms. The molecule has 0 rings (SSSR count). The van der Waals surface area contributed by atoms with Gasteiger partial charge in [0.05, 0.1) is 0 Å². The molecule has 0 atom stereocenters. The molecule has 4 heteroatoms. The van der Waals surface area contributed by atoms with Crippen LogP contribution in [0.4, 0.5) is 0 Å². The third-order valence-corrected chi connectivity index (χ3v) is 0. The molecule has 0 heterocycles. The van der Waals surface area contributed by atoms with E-state index in [0.717, 1.165) is 0 Å². The molecule has 0 aliphatic heterocycles. The first-order valence-corrected chi connectivity index (χ1v) is 17.9. The molecule has 0 fully saturated rings. The second-order valence-corrected chi connectivity index (χ2v) is 45.4. The maximum absolute atomic E-state index is 3.40. The number of hydrogen-bond acceptors (Lipinski definition) is 0. The summed E-state index contributed by atoms with van der Waals surface area (Å²) in [6.45, 7) is 0. The molecule has 0 nitrogen and oxygen atoms in total. The first-order chi connectivity index (χ1) is 2.00. The quantitative estimate of drug-likeness (QED) is 0.600. The Kier molecular flexibility index (Phi) is 3.26. The van der Waals surface area contributed by atoms with Crippen LogP contribution in [-0.2, 0) is 0 Å². The molecule has 0 aromatic rings. The summed E-state index contributed by atoms with van der Waals surface area (Å²) in [5.74, 6) is 2.12. The van der Waals surface area contributed by atoms with E-state index in [1.165, 1.54) is 0 Å². The van der Waals surface area contributed by atoms with Gasteiger partial charge in [-0.05, 0) is 0 Å². The number of rotatable bonds is 0. The van der Waals surface area contributed by atoms with Crippen molar-refractivity contribution in [3.63, 3.8) is 0 Å². The summed E-state index contributed by atoms with van der Waals surface area (Å²) in [4.78, 5) is 0. The second kappa shape index (κ2) is 2.33. The summed E-state index contributed by atoms with van der Waals surface area (Å²) in [5, 5.41) is 0. The zero-order valence-electron chi connectivity index (χ0n) is 2.63. The first-order valence-electron chi connectivity index (χ1n) is 1.07. The van der Waals surface area contributed by atoms with Gasteiger partial charge >= 0.3 is 55.5 Å². The molecule has 0 saturated heterocycles. The summed E-state index contributed by atoms with van der Waals surface area (Å²) in [6, 6.07) is 0. The fourth-order valence-corrected chi connectivity index (χ4v) is 0. The Labute approximate surface area is 54.9 Å². The molecular formula is CH3Br3Ge. The van der Waals surface area contributed by atoms with E-state index in [9.17, 15) is 0 Å². The molecular weight excluding hydrogens is 324 g/mol. The van der Waals surface area contributed by atoms with E-state index in [1.807, 2.05) is 0 Å². The van der Waals surface area contributed by atoms with Crippen molar-refractivity contribution < 1.29 is 0 Å². The fraction of sp³-hybridized carbons (Fsp3) is 1.00. The molecule has 0 aromatic carbocycles. The average Bonchev–Trinajstić information content (AvgIpc) is 0.722. The van der Waals surface area contributed by atoms with Crippen LogP contribution < -0.4 is 0 Å². The molecule has 0 radical (unpaired) electrons. The third-order valence-electron chi connectivity index (χ3n) is 0. The average molecular weight is 327 g/mol. The van der Waals surface area contributed by atoms with Crippen LogP contribution >= 0.6 is 42.0 Å². The predicted octanol–water partition coefficient (Wildman–Crippen LogP) is 2.74. The molecule has 0 aliphatic carbocycles. The van der Waals surface area contributed by atoms with Crippen molar-refractivity contribution in [1.29, 1.82) is 0 Å². The molecule has 0 aromatic heterocycles.